The molecule has 1 heterocycles. The maximum Gasteiger partial charge on any atom is 0.242 e. The van der Waals surface area contributed by atoms with Crippen LogP contribution in [-0.4, -0.2) is 33.7 Å². The average Bonchev–Trinajstić information content (AvgIpc) is 2.96. The third kappa shape index (κ3) is 4.92. The fourth-order valence-corrected chi connectivity index (χ4v) is 4.17. The number of halogens is 1. The Morgan fingerprint density at radius 1 is 1.24 bits per heavy atom. The third-order valence-electron chi connectivity index (χ3n) is 4.48. The van der Waals surface area contributed by atoms with Crippen molar-refractivity contribution >= 4 is 40.1 Å². The van der Waals surface area contributed by atoms with Crippen LogP contribution in [0.25, 0.3) is 0 Å². The van der Waals surface area contributed by atoms with Gasteiger partial charge in [0.2, 0.25) is 11.8 Å². The molecule has 2 aromatic rings. The summed E-state index contributed by atoms with van der Waals surface area (Å²) in [5.74, 6) is -0.861. The van der Waals surface area contributed by atoms with Crippen LogP contribution in [0.3, 0.4) is 0 Å². The van der Waals surface area contributed by atoms with Gasteiger partial charge < -0.3 is 5.32 Å². The molecule has 1 atom stereocenters. The Hall–Kier alpha value is -2.93. The molecule has 0 aromatic heterocycles. The zero-order valence-corrected chi connectivity index (χ0v) is 17.1. The zero-order valence-electron chi connectivity index (χ0n) is 16.3. The Bertz CT molecular complexity index is 952. The van der Waals surface area contributed by atoms with Crippen LogP contribution in [-0.2, 0) is 9.59 Å². The molecule has 7 heteroatoms. The lowest BCUT2D eigenvalue weighted by Gasteiger charge is -2.14. The maximum absolute atomic E-state index is 13.0. The highest BCUT2D eigenvalue weighted by Gasteiger charge is 2.38. The molecule has 3 rings (SSSR count). The Morgan fingerprint density at radius 3 is 2.52 bits per heavy atom. The van der Waals surface area contributed by atoms with Crippen molar-refractivity contribution in [3.05, 3.63) is 72.1 Å². The molecule has 0 aliphatic carbocycles. The number of benzene rings is 2. The number of para-hydroxylation sites is 1. The molecule has 2 amide bonds. The second-order valence-electron chi connectivity index (χ2n) is 6.74. The summed E-state index contributed by atoms with van der Waals surface area (Å²) >= 11 is 1.28. The summed E-state index contributed by atoms with van der Waals surface area (Å²) in [6.07, 6.45) is 1.64. The number of carbonyl (C=O) groups excluding carboxylic acids is 2. The molecule has 0 spiro atoms. The number of anilines is 1. The van der Waals surface area contributed by atoms with Gasteiger partial charge in [-0.15, -0.1) is 6.58 Å². The fraction of sp³-hybridized carbons (Fsp3) is 0.227. The van der Waals surface area contributed by atoms with Crippen molar-refractivity contribution in [1.82, 2.24) is 4.90 Å². The molecular weight excluding hydrogens is 389 g/mol. The first kappa shape index (κ1) is 20.8. The standard InChI is InChI=1S/C22H22FN3O2S/c1-4-12-26-21(28)18(13-19(27)24-17-10-8-16(23)9-11-17)29-22(26)25-20-14(2)6-5-7-15(20)3/h4-11,18H,1,12-13H2,2-3H3,(H,24,27)/t18-/m0/s1. The van der Waals surface area contributed by atoms with Gasteiger partial charge >= 0.3 is 0 Å². The lowest BCUT2D eigenvalue weighted by atomic mass is 10.1. The number of rotatable bonds is 6. The largest absolute Gasteiger partial charge is 0.326 e. The van der Waals surface area contributed by atoms with E-state index >= 15 is 0 Å². The van der Waals surface area contributed by atoms with Crippen LogP contribution in [0.5, 0.6) is 0 Å². The zero-order chi connectivity index (χ0) is 21.0. The second kappa shape index (κ2) is 9.05. The van der Waals surface area contributed by atoms with Crippen molar-refractivity contribution < 1.29 is 14.0 Å². The average molecular weight is 412 g/mol. The predicted octanol–water partition coefficient (Wildman–Crippen LogP) is 4.59. The number of hydrogen-bond acceptors (Lipinski definition) is 4. The van der Waals surface area contributed by atoms with E-state index in [-0.39, 0.29) is 24.1 Å². The van der Waals surface area contributed by atoms with Gasteiger partial charge in [0.25, 0.3) is 0 Å². The van der Waals surface area contributed by atoms with E-state index in [0.717, 1.165) is 16.8 Å². The molecule has 1 saturated heterocycles. The van der Waals surface area contributed by atoms with E-state index in [4.69, 9.17) is 4.99 Å². The predicted molar refractivity (Wildman–Crippen MR) is 116 cm³/mol. The molecular formula is C22H22FN3O2S. The van der Waals surface area contributed by atoms with Crippen molar-refractivity contribution in [2.24, 2.45) is 4.99 Å². The summed E-state index contributed by atoms with van der Waals surface area (Å²) in [6, 6.07) is 11.4. The van der Waals surface area contributed by atoms with Gasteiger partial charge in [-0.05, 0) is 49.2 Å². The Morgan fingerprint density at radius 2 is 1.90 bits per heavy atom. The second-order valence-corrected chi connectivity index (χ2v) is 7.91. The highest BCUT2D eigenvalue weighted by atomic mass is 32.2. The number of aliphatic imine (C=N–C) groups is 1. The summed E-state index contributed by atoms with van der Waals surface area (Å²) in [6.45, 7) is 7.98. The number of aryl methyl sites for hydroxylation is 2. The summed E-state index contributed by atoms with van der Waals surface area (Å²) < 4.78 is 13.0. The molecule has 0 saturated carbocycles. The number of hydrogen-bond donors (Lipinski definition) is 1. The van der Waals surface area contributed by atoms with Gasteiger partial charge in [-0.25, -0.2) is 9.38 Å². The molecule has 1 N–H and O–H groups in total. The fourth-order valence-electron chi connectivity index (χ4n) is 3.01. The normalized spacial score (nSPS) is 17.6. The SMILES string of the molecule is C=CCN1C(=O)[C@H](CC(=O)Nc2ccc(F)cc2)SC1=Nc1c(C)cccc1C. The number of amides is 2. The molecule has 1 aliphatic heterocycles. The Balaban J connectivity index is 1.78. The molecule has 29 heavy (non-hydrogen) atoms. The van der Waals surface area contributed by atoms with E-state index in [1.54, 1.807) is 11.0 Å². The van der Waals surface area contributed by atoms with Crippen LogP contribution in [0.2, 0.25) is 0 Å². The molecule has 1 aliphatic rings. The first-order valence-electron chi connectivity index (χ1n) is 9.18. The minimum Gasteiger partial charge on any atom is -0.326 e. The van der Waals surface area contributed by atoms with Gasteiger partial charge in [0.15, 0.2) is 5.17 Å². The van der Waals surface area contributed by atoms with Crippen molar-refractivity contribution in [3.63, 3.8) is 0 Å². The third-order valence-corrected chi connectivity index (χ3v) is 5.65. The van der Waals surface area contributed by atoms with E-state index in [9.17, 15) is 14.0 Å². The number of nitrogens with zero attached hydrogens (tertiary/aromatic N) is 2. The minimum atomic E-state index is -0.571. The summed E-state index contributed by atoms with van der Waals surface area (Å²) in [5.41, 5.74) is 3.34. The summed E-state index contributed by atoms with van der Waals surface area (Å²) in [7, 11) is 0. The van der Waals surface area contributed by atoms with Crippen LogP contribution in [0.1, 0.15) is 17.5 Å². The van der Waals surface area contributed by atoms with Crippen LogP contribution in [0, 0.1) is 19.7 Å². The number of thioether (sulfide) groups is 1. The van der Waals surface area contributed by atoms with Crippen LogP contribution in [0.4, 0.5) is 15.8 Å². The molecule has 5 nitrogen and oxygen atoms in total. The topological polar surface area (TPSA) is 61.8 Å². The number of amidine groups is 1. The van der Waals surface area contributed by atoms with Gasteiger partial charge in [0.1, 0.15) is 11.1 Å². The molecule has 0 bridgehead atoms. The van der Waals surface area contributed by atoms with E-state index < -0.39 is 5.25 Å². The lowest BCUT2D eigenvalue weighted by molar-refractivity contribution is -0.127. The van der Waals surface area contributed by atoms with Gasteiger partial charge in [-0.3, -0.25) is 14.5 Å². The smallest absolute Gasteiger partial charge is 0.242 e. The van der Waals surface area contributed by atoms with Gasteiger partial charge in [-0.2, -0.15) is 0 Å². The van der Waals surface area contributed by atoms with E-state index in [1.807, 2.05) is 32.0 Å². The highest BCUT2D eigenvalue weighted by molar-refractivity contribution is 8.15. The molecule has 2 aromatic carbocycles. The van der Waals surface area contributed by atoms with Crippen LogP contribution in [0.15, 0.2) is 60.1 Å². The monoisotopic (exact) mass is 411 g/mol. The van der Waals surface area contributed by atoms with E-state index in [0.29, 0.717) is 17.4 Å². The maximum atomic E-state index is 13.0. The van der Waals surface area contributed by atoms with Crippen molar-refractivity contribution in [3.8, 4) is 0 Å². The minimum absolute atomic E-state index is 0.000291. The van der Waals surface area contributed by atoms with E-state index in [2.05, 4.69) is 11.9 Å². The van der Waals surface area contributed by atoms with E-state index in [1.165, 1.54) is 36.0 Å². The summed E-state index contributed by atoms with van der Waals surface area (Å²) in [5, 5.41) is 2.69. The Kier molecular flexibility index (Phi) is 6.49. The van der Waals surface area contributed by atoms with Crippen LogP contribution >= 0.6 is 11.8 Å². The number of nitrogens with one attached hydrogen (secondary N) is 1. The van der Waals surface area contributed by atoms with Crippen LogP contribution < -0.4 is 5.32 Å². The molecule has 150 valence electrons. The highest BCUT2D eigenvalue weighted by Crippen LogP contribution is 2.33. The quantitative estimate of drug-likeness (QED) is 0.708. The van der Waals surface area contributed by atoms with Gasteiger partial charge in [0, 0.05) is 18.7 Å². The number of carbonyl (C=O) groups is 2. The van der Waals surface area contributed by atoms with Crippen molar-refractivity contribution in [2.45, 2.75) is 25.5 Å². The van der Waals surface area contributed by atoms with Crippen molar-refractivity contribution in [1.29, 1.82) is 0 Å². The first-order chi connectivity index (χ1) is 13.9. The lowest BCUT2D eigenvalue weighted by Crippen LogP contribution is -2.33. The first-order valence-corrected chi connectivity index (χ1v) is 10.1. The molecule has 0 unspecified atom stereocenters. The Labute approximate surface area is 173 Å². The van der Waals surface area contributed by atoms with Crippen molar-refractivity contribution in [2.75, 3.05) is 11.9 Å². The van der Waals surface area contributed by atoms with Gasteiger partial charge in [-0.1, -0.05) is 36.0 Å². The molecule has 0 radical (unpaired) electrons. The summed E-state index contributed by atoms with van der Waals surface area (Å²) in [4.78, 5) is 31.5. The van der Waals surface area contributed by atoms with Gasteiger partial charge in [0.05, 0.1) is 5.69 Å². The molecule has 1 fully saturated rings.